The Morgan fingerprint density at radius 1 is 1.20 bits per heavy atom. The minimum atomic E-state index is -0.316. The van der Waals surface area contributed by atoms with Crippen molar-refractivity contribution in [3.63, 3.8) is 0 Å². The lowest BCUT2D eigenvalue weighted by Gasteiger charge is -2.23. The molecule has 3 aromatic rings. The molecule has 0 aromatic carbocycles. The number of hydrogen-bond donors (Lipinski definition) is 1. The van der Waals surface area contributed by atoms with Crippen LogP contribution in [0.15, 0.2) is 52.5 Å². The molecule has 1 aliphatic rings. The maximum atomic E-state index is 12.9. The molecule has 1 fully saturated rings. The Kier molecular flexibility index (Phi) is 4.42. The van der Waals surface area contributed by atoms with Gasteiger partial charge in [-0.3, -0.25) is 9.59 Å². The highest BCUT2D eigenvalue weighted by Crippen LogP contribution is 2.36. The van der Waals surface area contributed by atoms with E-state index in [9.17, 15) is 9.59 Å². The number of nitrogens with one attached hydrogen (secondary N) is 1. The van der Waals surface area contributed by atoms with Crippen LogP contribution in [0.2, 0.25) is 0 Å². The van der Waals surface area contributed by atoms with Gasteiger partial charge in [-0.1, -0.05) is 6.07 Å². The van der Waals surface area contributed by atoms with E-state index < -0.39 is 0 Å². The zero-order valence-electron chi connectivity index (χ0n) is 13.3. The second-order valence-corrected chi connectivity index (χ2v) is 7.83. The molecule has 1 atom stereocenters. The second kappa shape index (κ2) is 6.85. The Morgan fingerprint density at radius 2 is 2.12 bits per heavy atom. The van der Waals surface area contributed by atoms with Gasteiger partial charge < -0.3 is 14.6 Å². The fraction of sp³-hybridized carbons (Fsp3) is 0.222. The molecule has 128 valence electrons. The Balaban J connectivity index is 1.48. The highest BCUT2D eigenvalue weighted by molar-refractivity contribution is 7.18. The number of amides is 2. The van der Waals surface area contributed by atoms with Crippen molar-refractivity contribution in [3.8, 4) is 0 Å². The Labute approximate surface area is 152 Å². The molecule has 0 unspecified atom stereocenters. The van der Waals surface area contributed by atoms with Gasteiger partial charge in [-0.25, -0.2) is 0 Å². The summed E-state index contributed by atoms with van der Waals surface area (Å²) in [4.78, 5) is 28.7. The molecule has 4 rings (SSSR count). The SMILES string of the molecule is O=C(Nc1ccc(C(=O)N2CCC[C@@H]2c2cccs2)s1)c1ccco1. The van der Waals surface area contributed by atoms with Crippen molar-refractivity contribution in [1.29, 1.82) is 0 Å². The van der Waals surface area contributed by atoms with Gasteiger partial charge in [-0.2, -0.15) is 0 Å². The predicted molar refractivity (Wildman–Crippen MR) is 98.3 cm³/mol. The van der Waals surface area contributed by atoms with E-state index in [4.69, 9.17) is 4.42 Å². The summed E-state index contributed by atoms with van der Waals surface area (Å²) in [7, 11) is 0. The van der Waals surface area contributed by atoms with Gasteiger partial charge in [-0.05, 0) is 48.6 Å². The summed E-state index contributed by atoms with van der Waals surface area (Å²) in [5, 5.41) is 5.45. The highest BCUT2D eigenvalue weighted by Gasteiger charge is 2.31. The number of rotatable bonds is 4. The van der Waals surface area contributed by atoms with E-state index in [1.807, 2.05) is 16.3 Å². The number of thiophene rings is 2. The third-order valence-electron chi connectivity index (χ3n) is 4.18. The van der Waals surface area contributed by atoms with Crippen molar-refractivity contribution in [2.45, 2.75) is 18.9 Å². The monoisotopic (exact) mass is 372 g/mol. The van der Waals surface area contributed by atoms with Crippen LogP contribution < -0.4 is 5.32 Å². The van der Waals surface area contributed by atoms with Crippen LogP contribution >= 0.6 is 22.7 Å². The lowest BCUT2D eigenvalue weighted by molar-refractivity contribution is 0.0742. The Hall–Kier alpha value is -2.38. The van der Waals surface area contributed by atoms with Gasteiger partial charge in [0, 0.05) is 11.4 Å². The van der Waals surface area contributed by atoms with E-state index in [0.29, 0.717) is 9.88 Å². The summed E-state index contributed by atoms with van der Waals surface area (Å²) < 4.78 is 5.08. The maximum absolute atomic E-state index is 12.9. The fourth-order valence-corrected chi connectivity index (χ4v) is 4.76. The number of carbonyl (C=O) groups excluding carboxylic acids is 2. The largest absolute Gasteiger partial charge is 0.459 e. The number of anilines is 1. The van der Waals surface area contributed by atoms with Crippen molar-refractivity contribution in [3.05, 3.63) is 63.6 Å². The van der Waals surface area contributed by atoms with E-state index in [1.54, 1.807) is 35.6 Å². The highest BCUT2D eigenvalue weighted by atomic mass is 32.1. The quantitative estimate of drug-likeness (QED) is 0.726. The van der Waals surface area contributed by atoms with Crippen LogP contribution in [-0.4, -0.2) is 23.3 Å². The summed E-state index contributed by atoms with van der Waals surface area (Å²) >= 11 is 2.98. The van der Waals surface area contributed by atoms with Crippen LogP contribution in [0.25, 0.3) is 0 Å². The first-order valence-corrected chi connectivity index (χ1v) is 9.71. The second-order valence-electron chi connectivity index (χ2n) is 5.77. The van der Waals surface area contributed by atoms with Crippen molar-refractivity contribution >= 4 is 39.5 Å². The lowest BCUT2D eigenvalue weighted by Crippen LogP contribution is -2.29. The average Bonchev–Trinajstić information content (AvgIpc) is 3.42. The molecule has 7 heteroatoms. The summed E-state index contributed by atoms with van der Waals surface area (Å²) in [6.07, 6.45) is 3.47. The zero-order valence-corrected chi connectivity index (χ0v) is 14.9. The molecule has 1 aliphatic heterocycles. The molecule has 25 heavy (non-hydrogen) atoms. The van der Waals surface area contributed by atoms with Gasteiger partial charge in [0.2, 0.25) is 0 Å². The first-order chi connectivity index (χ1) is 12.2. The normalized spacial score (nSPS) is 17.0. The van der Waals surface area contributed by atoms with Gasteiger partial charge in [-0.15, -0.1) is 22.7 Å². The number of hydrogen-bond acceptors (Lipinski definition) is 5. The fourth-order valence-electron chi connectivity index (χ4n) is 3.03. The Morgan fingerprint density at radius 3 is 2.88 bits per heavy atom. The molecule has 0 spiro atoms. The maximum Gasteiger partial charge on any atom is 0.291 e. The molecule has 0 radical (unpaired) electrons. The molecule has 0 bridgehead atoms. The van der Waals surface area contributed by atoms with Gasteiger partial charge in [0.15, 0.2) is 5.76 Å². The molecule has 1 N–H and O–H groups in total. The molecular formula is C18H16N2O3S2. The molecule has 0 saturated carbocycles. The number of nitrogens with zero attached hydrogens (tertiary/aromatic N) is 1. The van der Waals surface area contributed by atoms with Crippen LogP contribution in [0, 0.1) is 0 Å². The first kappa shape index (κ1) is 16.1. The predicted octanol–water partition coefficient (Wildman–Crippen LogP) is 4.63. The standard InChI is InChI=1S/C18H16N2O3S2/c21-17(13-5-2-10-23-13)19-16-8-7-15(25-16)18(22)20-9-1-4-12(20)14-6-3-11-24-14/h2-3,5-8,10-12H,1,4,9H2,(H,19,21)/t12-/m1/s1. The van der Waals surface area contributed by atoms with Crippen LogP contribution in [0.4, 0.5) is 5.00 Å². The van der Waals surface area contributed by atoms with Crippen LogP contribution in [0.3, 0.4) is 0 Å². The number of furan rings is 1. The third-order valence-corrected chi connectivity index (χ3v) is 6.15. The minimum Gasteiger partial charge on any atom is -0.459 e. The van der Waals surface area contributed by atoms with E-state index >= 15 is 0 Å². The van der Waals surface area contributed by atoms with Crippen LogP contribution in [0.5, 0.6) is 0 Å². The van der Waals surface area contributed by atoms with Gasteiger partial charge in [0.05, 0.1) is 22.2 Å². The molecule has 1 saturated heterocycles. The molecule has 5 nitrogen and oxygen atoms in total. The molecule has 3 aromatic heterocycles. The van der Waals surface area contributed by atoms with Crippen LogP contribution in [-0.2, 0) is 0 Å². The third kappa shape index (κ3) is 3.25. The summed E-state index contributed by atoms with van der Waals surface area (Å²) in [6.45, 7) is 0.771. The smallest absolute Gasteiger partial charge is 0.291 e. The molecule has 0 aliphatic carbocycles. The number of likely N-dealkylation sites (tertiary alicyclic amines) is 1. The van der Waals surface area contributed by atoms with Crippen LogP contribution in [0.1, 0.15) is 44.0 Å². The lowest BCUT2D eigenvalue weighted by atomic mass is 10.2. The molecule has 2 amide bonds. The van der Waals surface area contributed by atoms with E-state index in [-0.39, 0.29) is 23.6 Å². The molecular weight excluding hydrogens is 356 g/mol. The van der Waals surface area contributed by atoms with Crippen molar-refractivity contribution in [2.24, 2.45) is 0 Å². The van der Waals surface area contributed by atoms with Crippen molar-refractivity contribution in [2.75, 3.05) is 11.9 Å². The van der Waals surface area contributed by atoms with Gasteiger partial charge >= 0.3 is 0 Å². The summed E-state index contributed by atoms with van der Waals surface area (Å²) in [5.41, 5.74) is 0. The summed E-state index contributed by atoms with van der Waals surface area (Å²) in [6, 6.07) is 11.1. The Bertz CT molecular complexity index is 868. The first-order valence-electron chi connectivity index (χ1n) is 8.01. The number of carbonyl (C=O) groups is 2. The van der Waals surface area contributed by atoms with Crippen molar-refractivity contribution < 1.29 is 14.0 Å². The molecule has 4 heterocycles. The van der Waals surface area contributed by atoms with E-state index in [1.165, 1.54) is 22.5 Å². The zero-order chi connectivity index (χ0) is 17.2. The van der Waals surface area contributed by atoms with Gasteiger partial charge in [0.25, 0.3) is 11.8 Å². The van der Waals surface area contributed by atoms with Crippen molar-refractivity contribution in [1.82, 2.24) is 4.90 Å². The van der Waals surface area contributed by atoms with E-state index in [2.05, 4.69) is 11.4 Å². The minimum absolute atomic E-state index is 0.0272. The van der Waals surface area contributed by atoms with E-state index in [0.717, 1.165) is 19.4 Å². The van der Waals surface area contributed by atoms with Gasteiger partial charge in [0.1, 0.15) is 0 Å². The average molecular weight is 372 g/mol. The summed E-state index contributed by atoms with van der Waals surface area (Å²) in [5.74, 6) is -0.0403. The topological polar surface area (TPSA) is 62.6 Å².